The van der Waals surface area contributed by atoms with E-state index in [4.69, 9.17) is 14.5 Å². The highest BCUT2D eigenvalue weighted by atomic mass is 32.2. The monoisotopic (exact) mass is 306 g/mol. The van der Waals surface area contributed by atoms with Gasteiger partial charge >= 0.3 is 13.3 Å². The van der Waals surface area contributed by atoms with Gasteiger partial charge in [-0.2, -0.15) is 4.98 Å². The van der Waals surface area contributed by atoms with Crippen molar-refractivity contribution in [2.24, 2.45) is 0 Å². The van der Waals surface area contributed by atoms with Crippen molar-refractivity contribution >= 4 is 19.4 Å². The van der Waals surface area contributed by atoms with Crippen LogP contribution in [0.2, 0.25) is 0 Å². The maximum absolute atomic E-state index is 11.6. The van der Waals surface area contributed by atoms with E-state index in [1.807, 2.05) is 0 Å². The first-order valence-electron chi connectivity index (χ1n) is 5.36. The van der Waals surface area contributed by atoms with Crippen LogP contribution in [-0.4, -0.2) is 38.0 Å². The molecule has 0 aliphatic heterocycles. The van der Waals surface area contributed by atoms with Crippen LogP contribution in [0, 0.1) is 0 Å². The zero-order valence-electron chi connectivity index (χ0n) is 10.1. The average Bonchev–Trinajstić information content (AvgIpc) is 2.32. The Labute approximate surface area is 114 Å². The highest BCUT2D eigenvalue weighted by Gasteiger charge is 2.12. The van der Waals surface area contributed by atoms with E-state index in [1.54, 1.807) is 18.3 Å². The first-order valence-corrected chi connectivity index (χ1v) is 8.14. The number of hydrogen-bond acceptors (Lipinski definition) is 5. The van der Waals surface area contributed by atoms with E-state index in [-0.39, 0.29) is 13.2 Å². The van der Waals surface area contributed by atoms with Gasteiger partial charge in [0.05, 0.1) is 13.2 Å². The molecule has 1 aromatic rings. The second kappa shape index (κ2) is 7.62. The summed E-state index contributed by atoms with van der Waals surface area (Å²) in [5.74, 6) is 0.669. The van der Waals surface area contributed by atoms with Gasteiger partial charge in [-0.05, 0) is 6.07 Å². The standard InChI is InChI=1S/C10H15N2O5PS/c1-2-7-19-9-3-4-12(10(13)11-9)5-6-17-8-18(14,15)16/h2-4H,1,5-8H2,(H2,14,15,16). The molecule has 1 aromatic heterocycles. The summed E-state index contributed by atoms with van der Waals surface area (Å²) in [7, 11) is -4.16. The Bertz CT molecular complexity index is 527. The number of thioether (sulfide) groups is 1. The van der Waals surface area contributed by atoms with Gasteiger partial charge in [0, 0.05) is 11.9 Å². The zero-order chi connectivity index (χ0) is 14.3. The maximum Gasteiger partial charge on any atom is 0.350 e. The Hall–Kier alpha value is -0.920. The Morgan fingerprint density at radius 1 is 1.58 bits per heavy atom. The molecule has 0 bridgehead atoms. The summed E-state index contributed by atoms with van der Waals surface area (Å²) in [6.07, 6.45) is 2.64. The average molecular weight is 306 g/mol. The minimum absolute atomic E-state index is 0.0336. The number of hydrogen-bond donors (Lipinski definition) is 2. The fourth-order valence-corrected chi connectivity index (χ4v) is 2.11. The smallest absolute Gasteiger partial charge is 0.350 e. The van der Waals surface area contributed by atoms with Crippen LogP contribution in [0.1, 0.15) is 0 Å². The molecule has 0 amide bonds. The highest BCUT2D eigenvalue weighted by Crippen LogP contribution is 2.33. The molecule has 2 N–H and O–H groups in total. The van der Waals surface area contributed by atoms with Crippen LogP contribution in [0.4, 0.5) is 0 Å². The summed E-state index contributed by atoms with van der Waals surface area (Å²) in [6, 6.07) is 1.69. The molecule has 0 unspecified atom stereocenters. The lowest BCUT2D eigenvalue weighted by Gasteiger charge is -2.07. The minimum atomic E-state index is -4.16. The van der Waals surface area contributed by atoms with Gasteiger partial charge in [-0.25, -0.2) is 4.79 Å². The molecule has 0 aromatic carbocycles. The number of rotatable bonds is 8. The maximum atomic E-state index is 11.6. The molecule has 9 heteroatoms. The lowest BCUT2D eigenvalue weighted by Crippen LogP contribution is -2.24. The zero-order valence-corrected chi connectivity index (χ0v) is 11.8. The molecule has 7 nitrogen and oxygen atoms in total. The molecule has 19 heavy (non-hydrogen) atoms. The summed E-state index contributed by atoms with van der Waals surface area (Å²) < 4.78 is 16.6. The van der Waals surface area contributed by atoms with E-state index in [0.717, 1.165) is 0 Å². The van der Waals surface area contributed by atoms with Crippen molar-refractivity contribution in [1.29, 1.82) is 0 Å². The third-order valence-corrected chi connectivity index (χ3v) is 3.38. The Morgan fingerprint density at radius 3 is 2.89 bits per heavy atom. The van der Waals surface area contributed by atoms with Crippen LogP contribution in [-0.2, 0) is 15.8 Å². The van der Waals surface area contributed by atoms with Gasteiger partial charge in [0.1, 0.15) is 11.4 Å². The largest absolute Gasteiger partial charge is 0.367 e. The topological polar surface area (TPSA) is 102 Å². The molecule has 1 heterocycles. The lowest BCUT2D eigenvalue weighted by molar-refractivity contribution is 0.147. The predicted molar refractivity (Wildman–Crippen MR) is 72.3 cm³/mol. The first-order chi connectivity index (χ1) is 8.92. The van der Waals surface area contributed by atoms with Gasteiger partial charge in [0.25, 0.3) is 0 Å². The molecule has 106 valence electrons. The van der Waals surface area contributed by atoms with Crippen molar-refractivity contribution < 1.29 is 19.1 Å². The first kappa shape index (κ1) is 16.1. The molecule has 0 radical (unpaired) electrons. The summed E-state index contributed by atoms with van der Waals surface area (Å²) >= 11 is 1.40. The lowest BCUT2D eigenvalue weighted by atomic mass is 10.6. The van der Waals surface area contributed by atoms with Gasteiger partial charge in [0.15, 0.2) is 0 Å². The molecule has 0 spiro atoms. The highest BCUT2D eigenvalue weighted by molar-refractivity contribution is 7.99. The molecule has 1 rings (SSSR count). The minimum Gasteiger partial charge on any atom is -0.367 e. The quantitative estimate of drug-likeness (QED) is 0.239. The number of nitrogens with zero attached hydrogens (tertiary/aromatic N) is 2. The summed E-state index contributed by atoms with van der Waals surface area (Å²) in [5.41, 5.74) is -0.422. The van der Waals surface area contributed by atoms with Crippen molar-refractivity contribution in [2.75, 3.05) is 18.7 Å². The van der Waals surface area contributed by atoms with Crippen LogP contribution in [0.5, 0.6) is 0 Å². The van der Waals surface area contributed by atoms with E-state index < -0.39 is 19.6 Å². The molecular weight excluding hydrogens is 291 g/mol. The van der Waals surface area contributed by atoms with Crippen LogP contribution >= 0.6 is 19.4 Å². The van der Waals surface area contributed by atoms with E-state index in [0.29, 0.717) is 10.8 Å². The second-order valence-electron chi connectivity index (χ2n) is 3.54. The number of aromatic nitrogens is 2. The molecule has 0 atom stereocenters. The normalized spacial score (nSPS) is 11.5. The molecule has 0 aliphatic rings. The second-order valence-corrected chi connectivity index (χ2v) is 6.17. The molecule has 0 fully saturated rings. The van der Waals surface area contributed by atoms with Crippen LogP contribution in [0.3, 0.4) is 0 Å². The summed E-state index contributed by atoms with van der Waals surface area (Å²) in [6.45, 7) is 3.80. The predicted octanol–water partition coefficient (Wildman–Crippen LogP) is 0.673. The van der Waals surface area contributed by atoms with Gasteiger partial charge in [0.2, 0.25) is 0 Å². The van der Waals surface area contributed by atoms with Crippen molar-refractivity contribution in [3.63, 3.8) is 0 Å². The van der Waals surface area contributed by atoms with Gasteiger partial charge in [-0.15, -0.1) is 18.3 Å². The molecular formula is C10H15N2O5PS. The van der Waals surface area contributed by atoms with Crippen LogP contribution in [0.25, 0.3) is 0 Å². The molecule has 0 saturated carbocycles. The van der Waals surface area contributed by atoms with Crippen LogP contribution in [0.15, 0.2) is 34.7 Å². The summed E-state index contributed by atoms with van der Waals surface area (Å²) in [4.78, 5) is 32.6. The Morgan fingerprint density at radius 2 is 2.32 bits per heavy atom. The van der Waals surface area contributed by atoms with Crippen molar-refractivity contribution in [2.45, 2.75) is 11.6 Å². The molecule has 0 aliphatic carbocycles. The van der Waals surface area contributed by atoms with Crippen molar-refractivity contribution in [3.05, 3.63) is 35.4 Å². The van der Waals surface area contributed by atoms with Gasteiger partial charge < -0.3 is 14.5 Å². The van der Waals surface area contributed by atoms with Gasteiger partial charge in [-0.3, -0.25) is 9.13 Å². The van der Waals surface area contributed by atoms with Gasteiger partial charge in [-0.1, -0.05) is 6.08 Å². The third kappa shape index (κ3) is 6.70. The summed E-state index contributed by atoms with van der Waals surface area (Å²) in [5, 5.41) is 0.609. The molecule has 0 saturated heterocycles. The Balaban J connectivity index is 2.49. The van der Waals surface area contributed by atoms with Crippen molar-refractivity contribution in [3.8, 4) is 0 Å². The van der Waals surface area contributed by atoms with E-state index in [1.165, 1.54) is 16.3 Å². The fourth-order valence-electron chi connectivity index (χ4n) is 1.15. The SMILES string of the molecule is C=CCSc1ccn(CCOCP(=O)(O)O)c(=O)n1. The number of ether oxygens (including phenoxy) is 1. The Kier molecular flexibility index (Phi) is 6.47. The van der Waals surface area contributed by atoms with E-state index >= 15 is 0 Å². The van der Waals surface area contributed by atoms with Crippen molar-refractivity contribution in [1.82, 2.24) is 9.55 Å². The van der Waals surface area contributed by atoms with E-state index in [9.17, 15) is 9.36 Å². The third-order valence-electron chi connectivity index (χ3n) is 1.93. The fraction of sp³-hybridized carbons (Fsp3) is 0.400. The van der Waals surface area contributed by atoms with Crippen LogP contribution < -0.4 is 5.69 Å². The van der Waals surface area contributed by atoms with E-state index in [2.05, 4.69) is 11.6 Å².